The fourth-order valence-corrected chi connectivity index (χ4v) is 11.5. The number of nitrogens with one attached hydrogen (secondary N) is 1. The van der Waals surface area contributed by atoms with E-state index in [-0.39, 0.29) is 11.3 Å². The van der Waals surface area contributed by atoms with Crippen LogP contribution in [0.3, 0.4) is 0 Å². The van der Waals surface area contributed by atoms with E-state index in [9.17, 15) is 0 Å². The van der Waals surface area contributed by atoms with Crippen LogP contribution < -0.4 is 16.2 Å². The van der Waals surface area contributed by atoms with Gasteiger partial charge in [0.25, 0.3) is 0 Å². The number of benzene rings is 9. The lowest BCUT2D eigenvalue weighted by Crippen LogP contribution is -2.37. The minimum Gasteiger partial charge on any atom is -0.355 e. The molecule has 0 fully saturated rings. The Morgan fingerprint density at radius 2 is 1.27 bits per heavy atom. The van der Waals surface area contributed by atoms with Gasteiger partial charge in [0.2, 0.25) is 0 Å². The Kier molecular flexibility index (Phi) is 8.39. The SMILES string of the molecule is Cc1ccc2c(c1)Bc1c(-c3cc4c(cc3Nc3ccc(C(C)(C)C)cc3)sc3ccccc34)cc(C(c3ccccc3)c3ccccc3)c3c4c5ccccc5ccc4n-2c13. The van der Waals surface area contributed by atoms with E-state index in [0.717, 1.165) is 18.7 Å². The maximum absolute atomic E-state index is 4.01. The molecule has 2 nitrogen and oxygen atoms in total. The van der Waals surface area contributed by atoms with Crippen molar-refractivity contribution >= 4 is 93.7 Å². The van der Waals surface area contributed by atoms with Crippen molar-refractivity contribution in [2.24, 2.45) is 0 Å². The summed E-state index contributed by atoms with van der Waals surface area (Å²) in [7, 11) is 0.834. The first-order valence-corrected chi connectivity index (χ1v) is 22.6. The zero-order valence-corrected chi connectivity index (χ0v) is 36.3. The topological polar surface area (TPSA) is 17.0 Å². The van der Waals surface area contributed by atoms with Crippen LogP contribution in [0.2, 0.25) is 0 Å². The molecule has 9 aromatic carbocycles. The van der Waals surface area contributed by atoms with Gasteiger partial charge in [0.05, 0.1) is 5.52 Å². The van der Waals surface area contributed by atoms with Crippen LogP contribution >= 0.6 is 11.3 Å². The van der Waals surface area contributed by atoms with Gasteiger partial charge < -0.3 is 9.88 Å². The fraction of sp³-hybridized carbons (Fsp3) is 0.103. The molecule has 1 N–H and O–H groups in total. The van der Waals surface area contributed by atoms with Gasteiger partial charge in [0.1, 0.15) is 0 Å². The molecule has 0 spiro atoms. The number of rotatable bonds is 6. The normalized spacial score (nSPS) is 12.5. The Bertz CT molecular complexity index is 3520. The minimum atomic E-state index is -0.0188. The molecule has 1 aliphatic heterocycles. The largest absolute Gasteiger partial charge is 0.355 e. The summed E-state index contributed by atoms with van der Waals surface area (Å²) >= 11 is 1.88. The molecule has 11 aromatic rings. The Labute approximate surface area is 367 Å². The summed E-state index contributed by atoms with van der Waals surface area (Å²) in [5.41, 5.74) is 17.8. The number of anilines is 2. The summed E-state index contributed by atoms with van der Waals surface area (Å²) in [6.45, 7) is 9.07. The highest BCUT2D eigenvalue weighted by Gasteiger charge is 2.32. The molecule has 4 heteroatoms. The zero-order valence-electron chi connectivity index (χ0n) is 35.5. The Morgan fingerprint density at radius 1 is 0.581 bits per heavy atom. The van der Waals surface area contributed by atoms with Crippen LogP contribution in [0.1, 0.15) is 54.5 Å². The maximum Gasteiger partial charge on any atom is 0.198 e. The van der Waals surface area contributed by atoms with Gasteiger partial charge in [-0.05, 0) is 105 Å². The fourth-order valence-electron chi connectivity index (χ4n) is 10.4. The number of hydrogen-bond donors (Lipinski definition) is 1. The van der Waals surface area contributed by atoms with Gasteiger partial charge in [-0.1, -0.05) is 165 Å². The molecule has 0 unspecified atom stereocenters. The van der Waals surface area contributed by atoms with Gasteiger partial charge in [-0.2, -0.15) is 0 Å². The monoisotopic (exact) mass is 812 g/mol. The van der Waals surface area contributed by atoms with E-state index in [1.807, 2.05) is 11.3 Å². The number of hydrogen-bond acceptors (Lipinski definition) is 2. The van der Waals surface area contributed by atoms with Crippen LogP contribution in [0.4, 0.5) is 11.4 Å². The van der Waals surface area contributed by atoms with Gasteiger partial charge in [0, 0.05) is 65.0 Å². The van der Waals surface area contributed by atoms with Gasteiger partial charge in [-0.25, -0.2) is 0 Å². The van der Waals surface area contributed by atoms with Gasteiger partial charge in [-0.15, -0.1) is 11.3 Å². The van der Waals surface area contributed by atoms with Gasteiger partial charge >= 0.3 is 0 Å². The van der Waals surface area contributed by atoms with E-state index in [1.165, 1.54) is 108 Å². The molecular weight excluding hydrogens is 768 g/mol. The van der Waals surface area contributed by atoms with Crippen molar-refractivity contribution in [3.05, 3.63) is 210 Å². The third-order valence-corrected chi connectivity index (χ3v) is 14.4. The van der Waals surface area contributed by atoms with Crippen LogP contribution in [0.25, 0.3) is 69.6 Å². The van der Waals surface area contributed by atoms with Crippen LogP contribution in [0.15, 0.2) is 182 Å². The Morgan fingerprint density at radius 3 is 2.02 bits per heavy atom. The van der Waals surface area contributed by atoms with Gasteiger partial charge in [-0.3, -0.25) is 0 Å². The standard InChI is InChI=1S/C58H45BN2S/c1-35-23-29-49-47(31-35)59-56-45(43-32-44-42-21-13-14-22-51(42)62-52(44)34-48(43)60-40-27-25-39(26-28-40)58(2,3)4)33-46(53(37-16-7-5-8-17-37)38-18-9-6-10-19-38)55-54-41-20-12-11-15-36(41)24-30-50(54)61(49)57(55)56/h5-34,53,59-60H,1-4H3. The van der Waals surface area contributed by atoms with E-state index in [4.69, 9.17) is 0 Å². The molecule has 296 valence electrons. The van der Waals surface area contributed by atoms with Crippen molar-refractivity contribution in [1.29, 1.82) is 0 Å². The number of thiophene rings is 1. The molecular formula is C58H45BN2S. The molecule has 0 aliphatic carbocycles. The molecule has 62 heavy (non-hydrogen) atoms. The van der Waals surface area contributed by atoms with Crippen molar-refractivity contribution in [1.82, 2.24) is 4.57 Å². The van der Waals surface area contributed by atoms with Crippen LogP contribution in [0.5, 0.6) is 0 Å². The summed E-state index contributed by atoms with van der Waals surface area (Å²) in [5.74, 6) is -0.0188. The van der Waals surface area contributed by atoms with E-state index >= 15 is 0 Å². The number of nitrogens with zero attached hydrogens (tertiary/aromatic N) is 1. The summed E-state index contributed by atoms with van der Waals surface area (Å²) in [6.07, 6.45) is 0. The molecule has 3 heterocycles. The lowest BCUT2D eigenvalue weighted by molar-refractivity contribution is 0.590. The zero-order chi connectivity index (χ0) is 41.7. The molecule has 2 aromatic heterocycles. The molecule has 0 saturated heterocycles. The molecule has 12 rings (SSSR count). The van der Waals surface area contributed by atoms with E-state index in [0.29, 0.717) is 0 Å². The first kappa shape index (κ1) is 36.9. The lowest BCUT2D eigenvalue weighted by atomic mass is 9.58. The van der Waals surface area contributed by atoms with E-state index < -0.39 is 0 Å². The van der Waals surface area contributed by atoms with Crippen LogP contribution in [-0.2, 0) is 5.41 Å². The highest BCUT2D eigenvalue weighted by molar-refractivity contribution is 7.25. The quantitative estimate of drug-likeness (QED) is 0.131. The molecule has 0 bridgehead atoms. The second-order valence-corrected chi connectivity index (χ2v) is 19.3. The average molecular weight is 813 g/mol. The highest BCUT2D eigenvalue weighted by Crippen LogP contribution is 2.48. The van der Waals surface area contributed by atoms with Crippen molar-refractivity contribution in [3.63, 3.8) is 0 Å². The summed E-state index contributed by atoms with van der Waals surface area (Å²) < 4.78 is 5.20. The predicted octanol–water partition coefficient (Wildman–Crippen LogP) is 14.2. The molecule has 0 atom stereocenters. The Balaban J connectivity index is 1.25. The highest BCUT2D eigenvalue weighted by atomic mass is 32.1. The van der Waals surface area contributed by atoms with Crippen LogP contribution in [-0.4, -0.2) is 11.8 Å². The van der Waals surface area contributed by atoms with Crippen molar-refractivity contribution < 1.29 is 0 Å². The van der Waals surface area contributed by atoms with E-state index in [2.05, 4.69) is 220 Å². The van der Waals surface area contributed by atoms with Crippen molar-refractivity contribution in [2.75, 3.05) is 5.32 Å². The van der Waals surface area contributed by atoms with Crippen LogP contribution in [0, 0.1) is 6.92 Å². The van der Waals surface area contributed by atoms with Crippen molar-refractivity contribution in [2.45, 2.75) is 39.0 Å². The second kappa shape index (κ2) is 14.1. The first-order valence-electron chi connectivity index (χ1n) is 21.8. The summed E-state index contributed by atoms with van der Waals surface area (Å²) in [4.78, 5) is 0. The third-order valence-electron chi connectivity index (χ3n) is 13.3. The smallest absolute Gasteiger partial charge is 0.198 e. The molecule has 0 amide bonds. The maximum atomic E-state index is 4.01. The van der Waals surface area contributed by atoms with Crippen molar-refractivity contribution in [3.8, 4) is 16.8 Å². The third kappa shape index (κ3) is 5.85. The molecule has 0 saturated carbocycles. The van der Waals surface area contributed by atoms with Gasteiger partial charge in [0.15, 0.2) is 7.28 Å². The lowest BCUT2D eigenvalue weighted by Gasteiger charge is -2.27. The number of fused-ring (bicyclic) bond motifs is 10. The molecule has 1 aliphatic rings. The second-order valence-electron chi connectivity index (χ2n) is 18.2. The van der Waals surface area contributed by atoms with E-state index in [1.54, 1.807) is 0 Å². The summed E-state index contributed by atoms with van der Waals surface area (Å²) in [5, 5.41) is 11.8. The first-order chi connectivity index (χ1) is 30.3. The number of aromatic nitrogens is 1. The number of aryl methyl sites for hydroxylation is 1. The predicted molar refractivity (Wildman–Crippen MR) is 270 cm³/mol. The average Bonchev–Trinajstić information content (AvgIpc) is 3.84. The summed E-state index contributed by atoms with van der Waals surface area (Å²) in [6, 6.07) is 68.5. The molecule has 0 radical (unpaired) electrons. The Hall–Kier alpha value is -6.88. The minimum absolute atomic E-state index is 0.0188.